The summed E-state index contributed by atoms with van der Waals surface area (Å²) in [7, 11) is 0. The minimum absolute atomic E-state index is 0.0146. The first-order chi connectivity index (χ1) is 12.1. The molecular formula is C21H18BrNO2. The number of carbonyl (C=O) groups is 1. The number of anilines is 1. The Morgan fingerprint density at radius 2 is 1.48 bits per heavy atom. The second kappa shape index (κ2) is 7.99. The largest absolute Gasteiger partial charge is 0.481 e. The van der Waals surface area contributed by atoms with Crippen molar-refractivity contribution in [2.75, 3.05) is 5.32 Å². The molecule has 0 saturated heterocycles. The smallest absolute Gasteiger partial charge is 0.305 e. The van der Waals surface area contributed by atoms with Gasteiger partial charge in [-0.3, -0.25) is 4.79 Å². The van der Waals surface area contributed by atoms with Gasteiger partial charge in [0.1, 0.15) is 0 Å². The van der Waals surface area contributed by atoms with E-state index in [9.17, 15) is 9.90 Å². The normalized spacial score (nSPS) is 11.7. The fourth-order valence-corrected chi connectivity index (χ4v) is 2.98. The standard InChI is InChI=1S/C21H18BrNO2/c22-18-10-12-19(13-11-18)23-20(14-21(24)25)17-8-6-16(7-9-17)15-4-2-1-3-5-15/h1-13,20,23H,14H2,(H,24,25). The summed E-state index contributed by atoms with van der Waals surface area (Å²) in [5.74, 6) is -0.832. The molecule has 0 bridgehead atoms. The third-order valence-electron chi connectivity index (χ3n) is 3.98. The molecule has 3 rings (SSSR count). The molecule has 1 unspecified atom stereocenters. The number of nitrogens with one attached hydrogen (secondary N) is 1. The van der Waals surface area contributed by atoms with Gasteiger partial charge in [0, 0.05) is 10.2 Å². The SMILES string of the molecule is O=C(O)CC(Nc1ccc(Br)cc1)c1ccc(-c2ccccc2)cc1. The predicted molar refractivity (Wildman–Crippen MR) is 105 cm³/mol. The van der Waals surface area contributed by atoms with Crippen LogP contribution in [-0.2, 0) is 4.79 Å². The van der Waals surface area contributed by atoms with Crippen molar-refractivity contribution in [3.05, 3.63) is 88.9 Å². The Labute approximate surface area is 155 Å². The molecule has 126 valence electrons. The van der Waals surface area contributed by atoms with E-state index in [4.69, 9.17) is 0 Å². The number of halogens is 1. The van der Waals surface area contributed by atoms with Crippen molar-refractivity contribution in [1.29, 1.82) is 0 Å². The highest BCUT2D eigenvalue weighted by atomic mass is 79.9. The number of aliphatic carboxylic acids is 1. The van der Waals surface area contributed by atoms with Gasteiger partial charge in [0.2, 0.25) is 0 Å². The van der Waals surface area contributed by atoms with Gasteiger partial charge < -0.3 is 10.4 Å². The molecule has 3 aromatic carbocycles. The molecule has 4 heteroatoms. The van der Waals surface area contributed by atoms with Gasteiger partial charge in [-0.25, -0.2) is 0 Å². The summed E-state index contributed by atoms with van der Waals surface area (Å²) >= 11 is 3.41. The quantitative estimate of drug-likeness (QED) is 0.558. The Balaban J connectivity index is 1.83. The van der Waals surface area contributed by atoms with Gasteiger partial charge in [-0.1, -0.05) is 70.5 Å². The van der Waals surface area contributed by atoms with Crippen LogP contribution in [0.4, 0.5) is 5.69 Å². The van der Waals surface area contributed by atoms with Gasteiger partial charge in [0.15, 0.2) is 0 Å². The first kappa shape index (κ1) is 17.2. The molecule has 0 radical (unpaired) electrons. The molecule has 0 aliphatic rings. The van der Waals surface area contributed by atoms with Crippen LogP contribution in [0.5, 0.6) is 0 Å². The van der Waals surface area contributed by atoms with Crippen LogP contribution in [0.2, 0.25) is 0 Å². The Kier molecular flexibility index (Phi) is 5.51. The van der Waals surface area contributed by atoms with E-state index in [1.807, 2.05) is 66.7 Å². The minimum atomic E-state index is -0.832. The van der Waals surface area contributed by atoms with Crippen LogP contribution in [-0.4, -0.2) is 11.1 Å². The molecule has 0 heterocycles. The van der Waals surface area contributed by atoms with E-state index in [0.717, 1.165) is 26.9 Å². The number of carboxylic acids is 1. The van der Waals surface area contributed by atoms with E-state index < -0.39 is 5.97 Å². The first-order valence-electron chi connectivity index (χ1n) is 8.01. The minimum Gasteiger partial charge on any atom is -0.481 e. The molecule has 0 aromatic heterocycles. The van der Waals surface area contributed by atoms with Crippen molar-refractivity contribution in [2.45, 2.75) is 12.5 Å². The van der Waals surface area contributed by atoms with Crippen molar-refractivity contribution in [3.63, 3.8) is 0 Å². The van der Waals surface area contributed by atoms with Gasteiger partial charge in [-0.2, -0.15) is 0 Å². The fourth-order valence-electron chi connectivity index (χ4n) is 2.71. The average molecular weight is 396 g/mol. The molecule has 3 aromatic rings. The lowest BCUT2D eigenvalue weighted by atomic mass is 9.99. The van der Waals surface area contributed by atoms with E-state index in [1.165, 1.54) is 0 Å². The molecular weight excluding hydrogens is 378 g/mol. The number of hydrogen-bond acceptors (Lipinski definition) is 2. The van der Waals surface area contributed by atoms with Gasteiger partial charge in [0.05, 0.1) is 12.5 Å². The summed E-state index contributed by atoms with van der Waals surface area (Å²) < 4.78 is 0.986. The molecule has 0 amide bonds. The van der Waals surface area contributed by atoms with Gasteiger partial charge in [-0.05, 0) is 41.0 Å². The highest BCUT2D eigenvalue weighted by Gasteiger charge is 2.15. The van der Waals surface area contributed by atoms with E-state index >= 15 is 0 Å². The Bertz CT molecular complexity index is 830. The van der Waals surface area contributed by atoms with Crippen LogP contribution >= 0.6 is 15.9 Å². The van der Waals surface area contributed by atoms with Crippen LogP contribution in [0, 0.1) is 0 Å². The predicted octanol–water partition coefficient (Wildman–Crippen LogP) is 5.74. The summed E-state index contributed by atoms with van der Waals surface area (Å²) in [5.41, 5.74) is 4.10. The monoisotopic (exact) mass is 395 g/mol. The molecule has 0 spiro atoms. The zero-order chi connectivity index (χ0) is 17.6. The lowest BCUT2D eigenvalue weighted by molar-refractivity contribution is -0.137. The topological polar surface area (TPSA) is 49.3 Å². The van der Waals surface area contributed by atoms with Gasteiger partial charge in [0.25, 0.3) is 0 Å². The number of benzene rings is 3. The maximum atomic E-state index is 11.3. The molecule has 1 atom stereocenters. The van der Waals surface area contributed by atoms with Crippen molar-refractivity contribution in [1.82, 2.24) is 0 Å². The van der Waals surface area contributed by atoms with Gasteiger partial charge >= 0.3 is 5.97 Å². The van der Waals surface area contributed by atoms with Crippen molar-refractivity contribution in [2.24, 2.45) is 0 Å². The number of hydrogen-bond donors (Lipinski definition) is 2. The highest BCUT2D eigenvalue weighted by Crippen LogP contribution is 2.27. The third kappa shape index (κ3) is 4.70. The van der Waals surface area contributed by atoms with Crippen LogP contribution in [0.1, 0.15) is 18.0 Å². The second-order valence-corrected chi connectivity index (χ2v) is 6.71. The van der Waals surface area contributed by atoms with Crippen LogP contribution in [0.15, 0.2) is 83.3 Å². The zero-order valence-electron chi connectivity index (χ0n) is 13.5. The van der Waals surface area contributed by atoms with Gasteiger partial charge in [-0.15, -0.1) is 0 Å². The Morgan fingerprint density at radius 3 is 2.08 bits per heavy atom. The van der Waals surface area contributed by atoms with Crippen LogP contribution in [0.25, 0.3) is 11.1 Å². The molecule has 0 fully saturated rings. The molecule has 0 aliphatic carbocycles. The maximum Gasteiger partial charge on any atom is 0.305 e. The van der Waals surface area contributed by atoms with Crippen LogP contribution < -0.4 is 5.32 Å². The summed E-state index contributed by atoms with van der Waals surface area (Å²) in [6, 6.07) is 25.6. The summed E-state index contributed by atoms with van der Waals surface area (Å²) in [4.78, 5) is 11.3. The molecule has 3 nitrogen and oxygen atoms in total. The van der Waals surface area contributed by atoms with Crippen molar-refractivity contribution >= 4 is 27.6 Å². The third-order valence-corrected chi connectivity index (χ3v) is 4.51. The lowest BCUT2D eigenvalue weighted by Crippen LogP contribution is -2.15. The molecule has 0 saturated carbocycles. The lowest BCUT2D eigenvalue weighted by Gasteiger charge is -2.19. The molecule has 25 heavy (non-hydrogen) atoms. The second-order valence-electron chi connectivity index (χ2n) is 5.79. The van der Waals surface area contributed by atoms with E-state index in [1.54, 1.807) is 0 Å². The van der Waals surface area contributed by atoms with Crippen molar-refractivity contribution in [3.8, 4) is 11.1 Å². The number of rotatable bonds is 6. The van der Waals surface area contributed by atoms with E-state index in [0.29, 0.717) is 0 Å². The number of carboxylic acid groups (broad SMARTS) is 1. The summed E-state index contributed by atoms with van der Waals surface area (Å²) in [6.07, 6.45) is 0.0146. The molecule has 2 N–H and O–H groups in total. The zero-order valence-corrected chi connectivity index (χ0v) is 15.1. The summed E-state index contributed by atoms with van der Waals surface area (Å²) in [6.45, 7) is 0. The maximum absolute atomic E-state index is 11.3. The summed E-state index contributed by atoms with van der Waals surface area (Å²) in [5, 5.41) is 12.6. The highest BCUT2D eigenvalue weighted by molar-refractivity contribution is 9.10. The van der Waals surface area contributed by atoms with Crippen LogP contribution in [0.3, 0.4) is 0 Å². The van der Waals surface area contributed by atoms with E-state index in [-0.39, 0.29) is 12.5 Å². The van der Waals surface area contributed by atoms with E-state index in [2.05, 4.69) is 33.4 Å². The first-order valence-corrected chi connectivity index (χ1v) is 8.80. The van der Waals surface area contributed by atoms with Crippen molar-refractivity contribution < 1.29 is 9.90 Å². The molecule has 0 aliphatic heterocycles. The Morgan fingerprint density at radius 1 is 0.880 bits per heavy atom. The fraction of sp³-hybridized carbons (Fsp3) is 0.0952. The average Bonchev–Trinajstić information content (AvgIpc) is 2.63. The Hall–Kier alpha value is -2.59.